The highest BCUT2D eigenvalue weighted by atomic mass is 19.1. The molecule has 1 fully saturated rings. The average molecular weight is 388 g/mol. The standard InChI is InChI=1S/C21H22F2N2O3/c22-17-4-2-1-3-15(17)6-8-21(27)24-19(14-26)16-5-7-18(23)20(13-16)25-9-11-28-12-10-25/h1-8,13,19,26H,9-12,14H2,(H,24,27)/b8-6-. The Morgan fingerprint density at radius 2 is 1.93 bits per heavy atom. The summed E-state index contributed by atoms with van der Waals surface area (Å²) in [5.74, 6) is -1.29. The number of nitrogens with one attached hydrogen (secondary N) is 1. The van der Waals surface area contributed by atoms with Gasteiger partial charge in [-0.2, -0.15) is 0 Å². The van der Waals surface area contributed by atoms with Gasteiger partial charge >= 0.3 is 0 Å². The van der Waals surface area contributed by atoms with Crippen molar-refractivity contribution in [1.29, 1.82) is 0 Å². The Bertz CT molecular complexity index is 851. The van der Waals surface area contributed by atoms with Crippen LogP contribution in [-0.4, -0.2) is 43.9 Å². The monoisotopic (exact) mass is 388 g/mol. The maximum Gasteiger partial charge on any atom is 0.244 e. The van der Waals surface area contributed by atoms with Crippen LogP contribution in [0, 0.1) is 11.6 Å². The number of hydrogen-bond acceptors (Lipinski definition) is 4. The molecule has 7 heteroatoms. The zero-order valence-electron chi connectivity index (χ0n) is 15.3. The van der Waals surface area contributed by atoms with Crippen molar-refractivity contribution in [3.63, 3.8) is 0 Å². The molecular weight excluding hydrogens is 366 g/mol. The molecule has 0 radical (unpaired) electrons. The normalized spacial score (nSPS) is 15.6. The molecule has 0 spiro atoms. The van der Waals surface area contributed by atoms with Crippen molar-refractivity contribution in [3.8, 4) is 0 Å². The Morgan fingerprint density at radius 3 is 2.64 bits per heavy atom. The first-order chi connectivity index (χ1) is 13.6. The van der Waals surface area contributed by atoms with Gasteiger partial charge in [-0.15, -0.1) is 0 Å². The van der Waals surface area contributed by atoms with E-state index in [0.717, 1.165) is 0 Å². The molecule has 0 aromatic heterocycles. The molecule has 0 bridgehead atoms. The van der Waals surface area contributed by atoms with E-state index in [1.165, 1.54) is 30.4 Å². The molecule has 3 rings (SSSR count). The fourth-order valence-electron chi connectivity index (χ4n) is 3.02. The number of aliphatic hydroxyl groups is 1. The summed E-state index contributed by atoms with van der Waals surface area (Å²) in [7, 11) is 0. The van der Waals surface area contributed by atoms with Crippen LogP contribution in [0.4, 0.5) is 14.5 Å². The molecular formula is C21H22F2N2O3. The molecule has 1 heterocycles. The fourth-order valence-corrected chi connectivity index (χ4v) is 3.02. The average Bonchev–Trinajstić information content (AvgIpc) is 2.72. The van der Waals surface area contributed by atoms with Crippen LogP contribution in [0.1, 0.15) is 17.2 Å². The molecule has 2 aromatic rings. The summed E-state index contributed by atoms with van der Waals surface area (Å²) >= 11 is 0. The van der Waals surface area contributed by atoms with E-state index in [-0.39, 0.29) is 18.0 Å². The lowest BCUT2D eigenvalue weighted by Gasteiger charge is -2.30. The minimum Gasteiger partial charge on any atom is -0.394 e. The van der Waals surface area contributed by atoms with E-state index in [1.807, 2.05) is 4.90 Å². The number of aliphatic hydroxyl groups excluding tert-OH is 1. The highest BCUT2D eigenvalue weighted by Crippen LogP contribution is 2.25. The van der Waals surface area contributed by atoms with Crippen LogP contribution in [0.5, 0.6) is 0 Å². The summed E-state index contributed by atoms with van der Waals surface area (Å²) in [6.07, 6.45) is 2.57. The predicted molar refractivity (Wildman–Crippen MR) is 103 cm³/mol. The lowest BCUT2D eigenvalue weighted by atomic mass is 10.1. The fraction of sp³-hybridized carbons (Fsp3) is 0.286. The number of ether oxygens (including phenoxy) is 1. The molecule has 1 aliphatic rings. The van der Waals surface area contributed by atoms with Gasteiger partial charge < -0.3 is 20.1 Å². The first kappa shape index (κ1) is 20.0. The van der Waals surface area contributed by atoms with Crippen molar-refractivity contribution in [3.05, 3.63) is 71.3 Å². The van der Waals surface area contributed by atoms with E-state index >= 15 is 0 Å². The van der Waals surface area contributed by atoms with Crippen LogP contribution in [0.3, 0.4) is 0 Å². The third-order valence-electron chi connectivity index (χ3n) is 4.54. The zero-order valence-corrected chi connectivity index (χ0v) is 15.3. The largest absolute Gasteiger partial charge is 0.394 e. The number of halogens is 2. The van der Waals surface area contributed by atoms with Gasteiger partial charge in [-0.05, 0) is 29.8 Å². The van der Waals surface area contributed by atoms with E-state index in [0.29, 0.717) is 37.6 Å². The number of rotatable bonds is 6. The SMILES string of the molecule is O=C(/C=C\c1ccccc1F)NC(CO)c1ccc(F)c(N2CCOCC2)c1. The Balaban J connectivity index is 1.72. The van der Waals surface area contributed by atoms with E-state index < -0.39 is 17.8 Å². The molecule has 1 atom stereocenters. The van der Waals surface area contributed by atoms with Crippen molar-refractivity contribution in [2.45, 2.75) is 6.04 Å². The molecule has 2 aromatic carbocycles. The van der Waals surface area contributed by atoms with Crippen LogP contribution in [0.15, 0.2) is 48.5 Å². The number of anilines is 1. The second kappa shape index (κ2) is 9.43. The summed E-state index contributed by atoms with van der Waals surface area (Å²) in [4.78, 5) is 14.1. The summed E-state index contributed by atoms with van der Waals surface area (Å²) in [5, 5.41) is 12.4. The number of carbonyl (C=O) groups is 1. The molecule has 148 valence electrons. The minimum atomic E-state index is -0.710. The molecule has 28 heavy (non-hydrogen) atoms. The number of amides is 1. The van der Waals surface area contributed by atoms with Crippen LogP contribution >= 0.6 is 0 Å². The van der Waals surface area contributed by atoms with Crippen molar-refractivity contribution >= 4 is 17.7 Å². The number of nitrogens with zero attached hydrogens (tertiary/aromatic N) is 1. The maximum absolute atomic E-state index is 14.3. The van der Waals surface area contributed by atoms with Crippen molar-refractivity contribution in [2.24, 2.45) is 0 Å². The van der Waals surface area contributed by atoms with Crippen molar-refractivity contribution in [2.75, 3.05) is 37.8 Å². The van der Waals surface area contributed by atoms with Gasteiger partial charge in [0.15, 0.2) is 0 Å². The molecule has 1 aliphatic heterocycles. The van der Waals surface area contributed by atoms with Crippen LogP contribution in [-0.2, 0) is 9.53 Å². The first-order valence-corrected chi connectivity index (χ1v) is 9.04. The topological polar surface area (TPSA) is 61.8 Å². The zero-order chi connectivity index (χ0) is 19.9. The molecule has 1 saturated heterocycles. The lowest BCUT2D eigenvalue weighted by Crippen LogP contribution is -2.37. The molecule has 0 aliphatic carbocycles. The van der Waals surface area contributed by atoms with Gasteiger partial charge in [0.1, 0.15) is 11.6 Å². The Kier molecular flexibility index (Phi) is 6.73. The van der Waals surface area contributed by atoms with Gasteiger partial charge in [0.2, 0.25) is 5.91 Å². The number of carbonyl (C=O) groups excluding carboxylic acids is 1. The van der Waals surface area contributed by atoms with Crippen LogP contribution < -0.4 is 10.2 Å². The minimum absolute atomic E-state index is 0.287. The van der Waals surface area contributed by atoms with Crippen LogP contribution in [0.25, 0.3) is 6.08 Å². The van der Waals surface area contributed by atoms with Crippen molar-refractivity contribution in [1.82, 2.24) is 5.32 Å². The van der Waals surface area contributed by atoms with E-state index in [1.54, 1.807) is 24.3 Å². The maximum atomic E-state index is 14.3. The van der Waals surface area contributed by atoms with E-state index in [9.17, 15) is 18.7 Å². The molecule has 1 unspecified atom stereocenters. The Labute approximate surface area is 162 Å². The summed E-state index contributed by atoms with van der Waals surface area (Å²) in [6.45, 7) is 1.83. The second-order valence-corrected chi connectivity index (χ2v) is 6.41. The summed E-state index contributed by atoms with van der Waals surface area (Å²) in [5.41, 5.74) is 1.28. The smallest absolute Gasteiger partial charge is 0.244 e. The third kappa shape index (κ3) is 4.94. The highest BCUT2D eigenvalue weighted by molar-refractivity contribution is 5.92. The van der Waals surface area contributed by atoms with Gasteiger partial charge in [0.25, 0.3) is 0 Å². The molecule has 0 saturated carbocycles. The second-order valence-electron chi connectivity index (χ2n) is 6.41. The number of benzene rings is 2. The van der Waals surface area contributed by atoms with Gasteiger partial charge in [0, 0.05) is 24.7 Å². The highest BCUT2D eigenvalue weighted by Gasteiger charge is 2.19. The number of hydrogen-bond donors (Lipinski definition) is 2. The van der Waals surface area contributed by atoms with Crippen LogP contribution in [0.2, 0.25) is 0 Å². The van der Waals surface area contributed by atoms with Gasteiger partial charge in [-0.3, -0.25) is 4.79 Å². The summed E-state index contributed by atoms with van der Waals surface area (Å²) < 4.78 is 33.2. The quantitative estimate of drug-likeness (QED) is 0.747. The predicted octanol–water partition coefficient (Wildman–Crippen LogP) is 2.66. The first-order valence-electron chi connectivity index (χ1n) is 9.04. The number of morpholine rings is 1. The Hall–Kier alpha value is -2.77. The van der Waals surface area contributed by atoms with E-state index in [2.05, 4.69) is 5.32 Å². The molecule has 5 nitrogen and oxygen atoms in total. The Morgan fingerprint density at radius 1 is 1.18 bits per heavy atom. The van der Waals surface area contributed by atoms with Crippen molar-refractivity contribution < 1.29 is 23.4 Å². The van der Waals surface area contributed by atoms with E-state index in [4.69, 9.17) is 4.74 Å². The molecule has 1 amide bonds. The van der Waals surface area contributed by atoms with Gasteiger partial charge in [-0.25, -0.2) is 8.78 Å². The third-order valence-corrected chi connectivity index (χ3v) is 4.54. The van der Waals surface area contributed by atoms with Gasteiger partial charge in [-0.1, -0.05) is 24.3 Å². The molecule has 2 N–H and O–H groups in total. The van der Waals surface area contributed by atoms with Gasteiger partial charge in [0.05, 0.1) is 31.5 Å². The lowest BCUT2D eigenvalue weighted by molar-refractivity contribution is -0.117. The summed E-state index contributed by atoms with van der Waals surface area (Å²) in [6, 6.07) is 9.86.